The monoisotopic (exact) mass is 326 g/mol. The maximum absolute atomic E-state index is 12.0. The van der Waals surface area contributed by atoms with Crippen molar-refractivity contribution in [2.75, 3.05) is 52.4 Å². The summed E-state index contributed by atoms with van der Waals surface area (Å²) in [4.78, 5) is 28.0. The summed E-state index contributed by atoms with van der Waals surface area (Å²) in [6.07, 6.45) is 3.89. The molecule has 23 heavy (non-hydrogen) atoms. The summed E-state index contributed by atoms with van der Waals surface area (Å²) in [5.74, 6) is 0.134. The van der Waals surface area contributed by atoms with Crippen LogP contribution >= 0.6 is 0 Å². The van der Waals surface area contributed by atoms with Crippen molar-refractivity contribution in [3.05, 3.63) is 0 Å². The van der Waals surface area contributed by atoms with E-state index >= 15 is 0 Å². The molecule has 1 saturated heterocycles. The highest BCUT2D eigenvalue weighted by Crippen LogP contribution is 2.07. The SMILES string of the molecule is CCN(CCNC(=O)C(C)C)CC(=O)NCCN1CCCCC1. The van der Waals surface area contributed by atoms with Crippen LogP contribution in [0.25, 0.3) is 0 Å². The number of piperidine rings is 1. The van der Waals surface area contributed by atoms with Gasteiger partial charge in [-0.25, -0.2) is 0 Å². The number of carbonyl (C=O) groups excluding carboxylic acids is 2. The fraction of sp³-hybridized carbons (Fsp3) is 0.882. The van der Waals surface area contributed by atoms with E-state index in [2.05, 4.69) is 20.4 Å². The number of nitrogens with one attached hydrogen (secondary N) is 2. The fourth-order valence-electron chi connectivity index (χ4n) is 2.69. The first-order chi connectivity index (χ1) is 11.0. The Morgan fingerprint density at radius 1 is 1.09 bits per heavy atom. The van der Waals surface area contributed by atoms with Crippen molar-refractivity contribution in [3.63, 3.8) is 0 Å². The Morgan fingerprint density at radius 3 is 2.39 bits per heavy atom. The van der Waals surface area contributed by atoms with Gasteiger partial charge in [0, 0.05) is 32.1 Å². The van der Waals surface area contributed by atoms with E-state index in [0.717, 1.165) is 32.7 Å². The molecule has 0 unspecified atom stereocenters. The van der Waals surface area contributed by atoms with Gasteiger partial charge in [0.05, 0.1) is 6.54 Å². The summed E-state index contributed by atoms with van der Waals surface area (Å²) in [5, 5.41) is 5.89. The minimum absolute atomic E-state index is 0.00293. The summed E-state index contributed by atoms with van der Waals surface area (Å²) in [5.41, 5.74) is 0. The van der Waals surface area contributed by atoms with Gasteiger partial charge in [-0.15, -0.1) is 0 Å². The number of likely N-dealkylation sites (tertiary alicyclic amines) is 1. The highest BCUT2D eigenvalue weighted by molar-refractivity contribution is 5.78. The zero-order valence-electron chi connectivity index (χ0n) is 15.1. The quantitative estimate of drug-likeness (QED) is 0.620. The molecule has 134 valence electrons. The molecule has 2 N–H and O–H groups in total. The molecule has 0 aliphatic carbocycles. The fourth-order valence-corrected chi connectivity index (χ4v) is 2.69. The Balaban J connectivity index is 2.13. The Hall–Kier alpha value is -1.14. The summed E-state index contributed by atoms with van der Waals surface area (Å²) in [7, 11) is 0. The van der Waals surface area contributed by atoms with E-state index in [4.69, 9.17) is 0 Å². The minimum Gasteiger partial charge on any atom is -0.355 e. The third-order valence-electron chi connectivity index (χ3n) is 4.26. The number of carbonyl (C=O) groups is 2. The van der Waals surface area contributed by atoms with Crippen molar-refractivity contribution in [2.45, 2.75) is 40.0 Å². The molecule has 2 amide bonds. The van der Waals surface area contributed by atoms with E-state index in [9.17, 15) is 9.59 Å². The first kappa shape index (κ1) is 19.9. The second-order valence-corrected chi connectivity index (χ2v) is 6.57. The highest BCUT2D eigenvalue weighted by Gasteiger charge is 2.12. The Labute approximate surface area is 141 Å². The van der Waals surface area contributed by atoms with Gasteiger partial charge in [0.15, 0.2) is 0 Å². The van der Waals surface area contributed by atoms with Crippen molar-refractivity contribution >= 4 is 11.8 Å². The molecule has 0 bridgehead atoms. The number of hydrogen-bond acceptors (Lipinski definition) is 4. The molecular formula is C17H34N4O2. The first-order valence-corrected chi connectivity index (χ1v) is 9.02. The standard InChI is InChI=1S/C17H34N4O2/c1-4-20(12-9-19-17(23)15(2)3)14-16(22)18-8-13-21-10-6-5-7-11-21/h15H,4-14H2,1-3H3,(H,18,22)(H,19,23). The largest absolute Gasteiger partial charge is 0.355 e. The van der Waals surface area contributed by atoms with Crippen LogP contribution in [0.4, 0.5) is 0 Å². The molecule has 0 atom stereocenters. The highest BCUT2D eigenvalue weighted by atomic mass is 16.2. The molecular weight excluding hydrogens is 292 g/mol. The topological polar surface area (TPSA) is 64.7 Å². The lowest BCUT2D eigenvalue weighted by Gasteiger charge is -2.26. The van der Waals surface area contributed by atoms with Crippen molar-refractivity contribution < 1.29 is 9.59 Å². The van der Waals surface area contributed by atoms with Crippen LogP contribution in [0.5, 0.6) is 0 Å². The Bertz CT molecular complexity index is 355. The lowest BCUT2D eigenvalue weighted by Crippen LogP contribution is -2.43. The average Bonchev–Trinajstić information content (AvgIpc) is 2.54. The van der Waals surface area contributed by atoms with Gasteiger partial charge in [0.2, 0.25) is 11.8 Å². The van der Waals surface area contributed by atoms with E-state index in [0.29, 0.717) is 19.6 Å². The molecule has 0 radical (unpaired) electrons. The maximum atomic E-state index is 12.0. The van der Waals surface area contributed by atoms with Gasteiger partial charge in [-0.1, -0.05) is 27.2 Å². The summed E-state index contributed by atoms with van der Waals surface area (Å²) >= 11 is 0. The zero-order chi connectivity index (χ0) is 17.1. The van der Waals surface area contributed by atoms with Gasteiger partial charge in [-0.3, -0.25) is 14.5 Å². The summed E-state index contributed by atoms with van der Waals surface area (Å²) < 4.78 is 0. The lowest BCUT2D eigenvalue weighted by molar-refractivity contribution is -0.124. The lowest BCUT2D eigenvalue weighted by atomic mass is 10.1. The molecule has 0 aromatic rings. The van der Waals surface area contributed by atoms with Crippen LogP contribution in [-0.2, 0) is 9.59 Å². The smallest absolute Gasteiger partial charge is 0.234 e. The second-order valence-electron chi connectivity index (χ2n) is 6.57. The summed E-state index contributed by atoms with van der Waals surface area (Å²) in [6.45, 7) is 12.3. The number of likely N-dealkylation sites (N-methyl/N-ethyl adjacent to an activating group) is 1. The van der Waals surface area contributed by atoms with E-state index in [1.807, 2.05) is 20.8 Å². The molecule has 0 spiro atoms. The van der Waals surface area contributed by atoms with Crippen LogP contribution in [0, 0.1) is 5.92 Å². The Morgan fingerprint density at radius 2 is 1.78 bits per heavy atom. The number of rotatable bonds is 10. The molecule has 1 aliphatic heterocycles. The van der Waals surface area contributed by atoms with Crippen LogP contribution in [0.2, 0.25) is 0 Å². The third-order valence-corrected chi connectivity index (χ3v) is 4.26. The van der Waals surface area contributed by atoms with Crippen molar-refractivity contribution in [3.8, 4) is 0 Å². The third kappa shape index (κ3) is 8.91. The van der Waals surface area contributed by atoms with Crippen molar-refractivity contribution in [1.82, 2.24) is 20.4 Å². The maximum Gasteiger partial charge on any atom is 0.234 e. The molecule has 6 heteroatoms. The van der Waals surface area contributed by atoms with Gasteiger partial charge in [-0.2, -0.15) is 0 Å². The van der Waals surface area contributed by atoms with Crippen molar-refractivity contribution in [1.29, 1.82) is 0 Å². The summed E-state index contributed by atoms with van der Waals surface area (Å²) in [6, 6.07) is 0. The minimum atomic E-state index is 0.00293. The van der Waals surface area contributed by atoms with Crippen LogP contribution < -0.4 is 10.6 Å². The first-order valence-electron chi connectivity index (χ1n) is 9.02. The van der Waals surface area contributed by atoms with Gasteiger partial charge in [0.25, 0.3) is 0 Å². The average molecular weight is 326 g/mol. The number of amides is 2. The molecule has 1 aliphatic rings. The van der Waals surface area contributed by atoms with Crippen LogP contribution in [0.15, 0.2) is 0 Å². The van der Waals surface area contributed by atoms with Gasteiger partial charge < -0.3 is 15.5 Å². The van der Waals surface area contributed by atoms with Gasteiger partial charge in [0.1, 0.15) is 0 Å². The van der Waals surface area contributed by atoms with Crippen molar-refractivity contribution in [2.24, 2.45) is 5.92 Å². The molecule has 0 aromatic heterocycles. The Kier molecular flexibility index (Phi) is 9.87. The zero-order valence-corrected chi connectivity index (χ0v) is 15.1. The molecule has 0 aromatic carbocycles. The van der Waals surface area contributed by atoms with Crippen LogP contribution in [0.3, 0.4) is 0 Å². The number of nitrogens with zero attached hydrogens (tertiary/aromatic N) is 2. The predicted molar refractivity (Wildman–Crippen MR) is 93.3 cm³/mol. The van der Waals surface area contributed by atoms with Gasteiger partial charge >= 0.3 is 0 Å². The molecule has 6 nitrogen and oxygen atoms in total. The number of hydrogen-bond donors (Lipinski definition) is 2. The van der Waals surface area contributed by atoms with E-state index < -0.39 is 0 Å². The normalized spacial score (nSPS) is 15.9. The second kappa shape index (κ2) is 11.4. The molecule has 1 fully saturated rings. The molecule has 0 saturated carbocycles. The van der Waals surface area contributed by atoms with Crippen LogP contribution in [0.1, 0.15) is 40.0 Å². The van der Waals surface area contributed by atoms with E-state index in [-0.39, 0.29) is 17.7 Å². The van der Waals surface area contributed by atoms with E-state index in [1.54, 1.807) is 0 Å². The van der Waals surface area contributed by atoms with Crippen LogP contribution in [-0.4, -0.2) is 74.0 Å². The van der Waals surface area contributed by atoms with E-state index in [1.165, 1.54) is 19.3 Å². The molecule has 1 rings (SSSR count). The molecule has 1 heterocycles. The predicted octanol–water partition coefficient (Wildman–Crippen LogP) is 0.683. The van der Waals surface area contributed by atoms with Gasteiger partial charge in [-0.05, 0) is 32.5 Å².